The molecule has 0 spiro atoms. The second-order valence-electron chi connectivity index (χ2n) is 1.61. The average molecular weight is 269 g/mol. The molecule has 0 saturated carbocycles. The molecule has 0 aliphatic heterocycles. The van der Waals surface area contributed by atoms with Gasteiger partial charge in [-0.05, 0) is 7.05 Å². The van der Waals surface area contributed by atoms with Gasteiger partial charge in [0.05, 0.1) is 0 Å². The third-order valence-corrected chi connectivity index (χ3v) is 0.752. The zero-order valence-corrected chi connectivity index (χ0v) is 7.78. The van der Waals surface area contributed by atoms with E-state index in [0.29, 0.717) is 6.04 Å². The first-order valence-corrected chi connectivity index (χ1v) is 2.01. The Bertz CT molecular complexity index is 29.1. The molecule has 42 valence electrons. The standard InChI is InChI=1S/C5H11N.W/c1-5(2)6(3)4;/h5H,1,3H2,2,4H3;/q-2;+2. The molecule has 7 heavy (non-hydrogen) atoms. The second-order valence-corrected chi connectivity index (χ2v) is 1.61. The summed E-state index contributed by atoms with van der Waals surface area (Å²) in [7, 11) is 5.51. The summed E-state index contributed by atoms with van der Waals surface area (Å²) in [4.78, 5) is 1.81. The summed E-state index contributed by atoms with van der Waals surface area (Å²) < 4.78 is 0. The summed E-state index contributed by atoms with van der Waals surface area (Å²) >= 11 is 0. The van der Waals surface area contributed by atoms with Gasteiger partial charge in [-0.25, -0.2) is 0 Å². The SMILES string of the molecule is [CH2-]C(C)N([CH2-])C.[W+2]. The number of rotatable bonds is 1. The average Bonchev–Trinajstić information content (AvgIpc) is 1.36. The van der Waals surface area contributed by atoms with E-state index in [4.69, 9.17) is 0 Å². The van der Waals surface area contributed by atoms with Gasteiger partial charge in [-0.2, -0.15) is 6.04 Å². The Morgan fingerprint density at radius 1 is 1.57 bits per heavy atom. The van der Waals surface area contributed by atoms with Crippen LogP contribution in [0.5, 0.6) is 0 Å². The molecule has 2 heteroatoms. The fraction of sp³-hybridized carbons (Fsp3) is 0.600. The molecule has 0 radical (unpaired) electrons. The van der Waals surface area contributed by atoms with E-state index >= 15 is 0 Å². The monoisotopic (exact) mass is 269 g/mol. The van der Waals surface area contributed by atoms with Crippen LogP contribution in [0.25, 0.3) is 0 Å². The number of nitrogens with zero attached hydrogens (tertiary/aromatic N) is 1. The Morgan fingerprint density at radius 2 is 1.71 bits per heavy atom. The first kappa shape index (κ1) is 10.6. The summed E-state index contributed by atoms with van der Waals surface area (Å²) in [5, 5.41) is 0. The molecule has 0 amide bonds. The molecule has 0 heterocycles. The molecule has 1 nitrogen and oxygen atoms in total. The summed E-state index contributed by atoms with van der Waals surface area (Å²) in [6.45, 7) is 5.69. The zero-order valence-electron chi connectivity index (χ0n) is 4.85. The van der Waals surface area contributed by atoms with Gasteiger partial charge in [0, 0.05) is 0 Å². The Hall–Kier alpha value is 0.648. The predicted molar refractivity (Wildman–Crippen MR) is 27.9 cm³/mol. The molecule has 0 aliphatic carbocycles. The molecule has 0 aromatic rings. The summed E-state index contributed by atoms with van der Waals surface area (Å²) in [5.41, 5.74) is 0. The normalized spacial score (nSPS) is 13.3. The van der Waals surface area contributed by atoms with Gasteiger partial charge in [0.15, 0.2) is 0 Å². The molecule has 0 saturated heterocycles. The topological polar surface area (TPSA) is 3.24 Å². The van der Waals surface area contributed by atoms with Crippen molar-refractivity contribution in [2.45, 2.75) is 13.0 Å². The van der Waals surface area contributed by atoms with Gasteiger partial charge in [-0.15, -0.1) is 0 Å². The van der Waals surface area contributed by atoms with Crippen molar-refractivity contribution >= 4 is 0 Å². The number of hydrogen-bond acceptors (Lipinski definition) is 1. The van der Waals surface area contributed by atoms with Gasteiger partial charge in [-0.3, -0.25) is 7.05 Å². The van der Waals surface area contributed by atoms with Gasteiger partial charge < -0.3 is 11.8 Å². The van der Waals surface area contributed by atoms with Crippen molar-refractivity contribution in [2.24, 2.45) is 0 Å². The van der Waals surface area contributed by atoms with Crippen LogP contribution in [0.1, 0.15) is 6.92 Å². The van der Waals surface area contributed by atoms with Crippen LogP contribution in [0.3, 0.4) is 0 Å². The molecule has 1 atom stereocenters. The minimum atomic E-state index is 0. The molecular weight excluding hydrogens is 258 g/mol. The van der Waals surface area contributed by atoms with Crippen LogP contribution in [-0.2, 0) is 21.1 Å². The summed E-state index contributed by atoms with van der Waals surface area (Å²) in [6.07, 6.45) is 0. The Morgan fingerprint density at radius 3 is 1.71 bits per heavy atom. The largest absolute Gasteiger partial charge is 2.00 e. The quantitative estimate of drug-likeness (QED) is 0.640. The van der Waals surface area contributed by atoms with Crippen LogP contribution in [0.4, 0.5) is 0 Å². The number of hydrogen-bond donors (Lipinski definition) is 0. The predicted octanol–water partition coefficient (Wildman–Crippen LogP) is 0.930. The molecule has 0 N–H and O–H groups in total. The van der Waals surface area contributed by atoms with Crippen molar-refractivity contribution < 1.29 is 21.1 Å². The Labute approximate surface area is 60.3 Å². The minimum absolute atomic E-state index is 0. The van der Waals surface area contributed by atoms with E-state index in [2.05, 4.69) is 14.0 Å². The smallest absolute Gasteiger partial charge is 0.485 e. The molecule has 0 aromatic heterocycles. The molecule has 0 aromatic carbocycles. The molecule has 0 bridgehead atoms. The molecule has 0 aliphatic rings. The second kappa shape index (κ2) is 4.80. The van der Waals surface area contributed by atoms with Crippen LogP contribution in [0, 0.1) is 14.0 Å². The van der Waals surface area contributed by atoms with E-state index in [9.17, 15) is 0 Å². The van der Waals surface area contributed by atoms with E-state index in [1.54, 1.807) is 4.90 Å². The van der Waals surface area contributed by atoms with E-state index < -0.39 is 0 Å². The van der Waals surface area contributed by atoms with E-state index in [1.165, 1.54) is 0 Å². The third-order valence-electron chi connectivity index (χ3n) is 0.752. The molecular formula is C5H11NW. The maximum absolute atomic E-state index is 3.70. The van der Waals surface area contributed by atoms with Crippen molar-refractivity contribution in [3.8, 4) is 0 Å². The van der Waals surface area contributed by atoms with Crippen LogP contribution in [0.2, 0.25) is 0 Å². The van der Waals surface area contributed by atoms with Crippen LogP contribution >= 0.6 is 0 Å². The van der Waals surface area contributed by atoms with E-state index in [-0.39, 0.29) is 21.1 Å². The van der Waals surface area contributed by atoms with Crippen molar-refractivity contribution in [3.05, 3.63) is 14.0 Å². The maximum atomic E-state index is 3.70. The van der Waals surface area contributed by atoms with Crippen molar-refractivity contribution in [2.75, 3.05) is 7.05 Å². The van der Waals surface area contributed by atoms with E-state index in [0.717, 1.165) is 0 Å². The molecule has 1 unspecified atom stereocenters. The first-order valence-electron chi connectivity index (χ1n) is 2.01. The van der Waals surface area contributed by atoms with Crippen molar-refractivity contribution in [3.63, 3.8) is 0 Å². The summed E-state index contributed by atoms with van der Waals surface area (Å²) in [5.74, 6) is 0. The van der Waals surface area contributed by atoms with Gasteiger partial charge in [0.1, 0.15) is 0 Å². The molecule has 0 rings (SSSR count). The maximum Gasteiger partial charge on any atom is 2.00 e. The van der Waals surface area contributed by atoms with Gasteiger partial charge in [0.2, 0.25) is 0 Å². The third kappa shape index (κ3) is 6.65. The van der Waals surface area contributed by atoms with Gasteiger partial charge in [-0.1, -0.05) is 6.92 Å². The van der Waals surface area contributed by atoms with Crippen LogP contribution in [-0.4, -0.2) is 18.0 Å². The van der Waals surface area contributed by atoms with E-state index in [1.807, 2.05) is 14.0 Å². The fourth-order valence-electron chi connectivity index (χ4n) is 0. The fourth-order valence-corrected chi connectivity index (χ4v) is 0. The van der Waals surface area contributed by atoms with Crippen LogP contribution < -0.4 is 0 Å². The first-order chi connectivity index (χ1) is 2.64. The van der Waals surface area contributed by atoms with Gasteiger partial charge >= 0.3 is 21.1 Å². The summed E-state index contributed by atoms with van der Waals surface area (Å²) in [6, 6.07) is 0.324. The van der Waals surface area contributed by atoms with Gasteiger partial charge in [0.25, 0.3) is 0 Å². The Balaban J connectivity index is 0. The molecule has 0 fully saturated rings. The van der Waals surface area contributed by atoms with Crippen molar-refractivity contribution in [1.29, 1.82) is 0 Å². The van der Waals surface area contributed by atoms with Crippen LogP contribution in [0.15, 0.2) is 0 Å². The zero-order chi connectivity index (χ0) is 5.15. The van der Waals surface area contributed by atoms with Crippen molar-refractivity contribution in [1.82, 2.24) is 4.90 Å². The Kier molecular flexibility index (Phi) is 7.26. The minimum Gasteiger partial charge on any atom is -0.485 e.